The van der Waals surface area contributed by atoms with Gasteiger partial charge < -0.3 is 5.32 Å². The molecule has 7 heteroatoms. The number of aromatic nitrogens is 2. The molecular formula is C20H20ClN3O3. The van der Waals surface area contributed by atoms with Crippen LogP contribution in [0.1, 0.15) is 24.5 Å². The monoisotopic (exact) mass is 385 g/mol. The molecule has 0 saturated heterocycles. The fourth-order valence-corrected chi connectivity index (χ4v) is 2.70. The Morgan fingerprint density at radius 2 is 1.93 bits per heavy atom. The predicted octanol–water partition coefficient (Wildman–Crippen LogP) is 2.67. The first-order chi connectivity index (χ1) is 12.9. The maximum atomic E-state index is 12.6. The molecule has 27 heavy (non-hydrogen) atoms. The number of amides is 1. The number of halogens is 1. The molecule has 0 aliphatic heterocycles. The number of nitrogens with one attached hydrogen (secondary N) is 1. The minimum Gasteiger partial charge on any atom is -0.315 e. The summed E-state index contributed by atoms with van der Waals surface area (Å²) in [5, 5.41) is 2.28. The van der Waals surface area contributed by atoms with E-state index in [4.69, 9.17) is 18.0 Å². The van der Waals surface area contributed by atoms with Gasteiger partial charge in [-0.1, -0.05) is 54.3 Å². The molecule has 1 N–H and O–H groups in total. The van der Waals surface area contributed by atoms with Crippen LogP contribution in [0.2, 0.25) is 5.15 Å². The molecular weight excluding hydrogens is 366 g/mol. The van der Waals surface area contributed by atoms with Crippen molar-refractivity contribution in [3.63, 3.8) is 0 Å². The zero-order valence-electron chi connectivity index (χ0n) is 15.2. The number of aryl methyl sites for hydroxylation is 1. The van der Waals surface area contributed by atoms with Gasteiger partial charge in [-0.25, -0.2) is 4.79 Å². The number of benzene rings is 1. The van der Waals surface area contributed by atoms with Crippen LogP contribution >= 0.6 is 11.6 Å². The van der Waals surface area contributed by atoms with Crippen LogP contribution in [0, 0.1) is 19.3 Å². The van der Waals surface area contributed by atoms with Crippen LogP contribution in [0.3, 0.4) is 0 Å². The predicted molar refractivity (Wildman–Crippen MR) is 108 cm³/mol. The molecule has 1 heterocycles. The fourth-order valence-electron chi connectivity index (χ4n) is 2.44. The summed E-state index contributed by atoms with van der Waals surface area (Å²) >= 11 is 6.16. The van der Waals surface area contributed by atoms with Crippen molar-refractivity contribution in [1.82, 2.24) is 9.13 Å². The van der Waals surface area contributed by atoms with E-state index < -0.39 is 17.2 Å². The normalized spacial score (nSPS) is 10.7. The van der Waals surface area contributed by atoms with Gasteiger partial charge in [0.2, 0.25) is 5.91 Å². The molecule has 1 amide bonds. The van der Waals surface area contributed by atoms with E-state index in [9.17, 15) is 14.4 Å². The van der Waals surface area contributed by atoms with Gasteiger partial charge >= 0.3 is 5.69 Å². The minimum atomic E-state index is -0.655. The van der Waals surface area contributed by atoms with Gasteiger partial charge in [-0.3, -0.25) is 18.7 Å². The maximum absolute atomic E-state index is 12.6. The average molecular weight is 386 g/mol. The zero-order valence-corrected chi connectivity index (χ0v) is 15.9. The minimum absolute atomic E-state index is 0.107. The van der Waals surface area contributed by atoms with E-state index in [1.165, 1.54) is 6.08 Å². The summed E-state index contributed by atoms with van der Waals surface area (Å²) < 4.78 is 2.10. The second-order valence-electron chi connectivity index (χ2n) is 5.93. The Morgan fingerprint density at radius 1 is 1.26 bits per heavy atom. The van der Waals surface area contributed by atoms with E-state index in [-0.39, 0.29) is 23.9 Å². The number of hydrogen-bond donors (Lipinski definition) is 1. The third-order valence-electron chi connectivity index (χ3n) is 3.81. The first kappa shape index (κ1) is 20.3. The van der Waals surface area contributed by atoms with Crippen LogP contribution in [-0.2, 0) is 17.9 Å². The van der Waals surface area contributed by atoms with Crippen LogP contribution in [0.5, 0.6) is 0 Å². The van der Waals surface area contributed by atoms with Gasteiger partial charge in [-0.2, -0.15) is 0 Å². The summed E-state index contributed by atoms with van der Waals surface area (Å²) in [6.07, 6.45) is 8.75. The molecule has 0 fully saturated rings. The van der Waals surface area contributed by atoms with Crippen LogP contribution in [-0.4, -0.2) is 15.0 Å². The molecule has 0 radical (unpaired) electrons. The molecule has 0 aliphatic carbocycles. The van der Waals surface area contributed by atoms with E-state index in [1.54, 1.807) is 6.08 Å². The molecule has 0 spiro atoms. The van der Waals surface area contributed by atoms with Crippen molar-refractivity contribution in [3.05, 3.63) is 67.5 Å². The van der Waals surface area contributed by atoms with Crippen LogP contribution in [0.15, 0.2) is 39.9 Å². The highest BCUT2D eigenvalue weighted by Gasteiger charge is 2.18. The molecule has 0 aliphatic rings. The van der Waals surface area contributed by atoms with Crippen molar-refractivity contribution >= 4 is 29.3 Å². The van der Waals surface area contributed by atoms with Crippen molar-refractivity contribution in [2.75, 3.05) is 5.32 Å². The van der Waals surface area contributed by atoms with Crippen molar-refractivity contribution in [1.29, 1.82) is 0 Å². The summed E-state index contributed by atoms with van der Waals surface area (Å²) in [6, 6.07) is 7.59. The molecule has 0 unspecified atom stereocenters. The molecule has 2 aromatic rings. The number of anilines is 1. The van der Waals surface area contributed by atoms with Crippen LogP contribution < -0.4 is 16.6 Å². The summed E-state index contributed by atoms with van der Waals surface area (Å²) in [5.41, 5.74) is 0.520. The van der Waals surface area contributed by atoms with E-state index in [1.807, 2.05) is 38.1 Å². The summed E-state index contributed by atoms with van der Waals surface area (Å²) in [4.78, 5) is 37.2. The Labute approximate surface area is 162 Å². The Bertz CT molecular complexity index is 1020. The first-order valence-corrected chi connectivity index (χ1v) is 8.79. The van der Waals surface area contributed by atoms with Crippen molar-refractivity contribution < 1.29 is 4.79 Å². The molecule has 0 atom stereocenters. The number of nitrogens with zero attached hydrogens (tertiary/aromatic N) is 2. The lowest BCUT2D eigenvalue weighted by molar-refractivity contribution is -0.111. The molecule has 6 nitrogen and oxygen atoms in total. The third-order valence-corrected chi connectivity index (χ3v) is 4.21. The molecule has 140 valence electrons. The first-order valence-electron chi connectivity index (χ1n) is 8.41. The lowest BCUT2D eigenvalue weighted by Crippen LogP contribution is -2.41. The zero-order chi connectivity index (χ0) is 20.0. The number of carbonyl (C=O) groups is 1. The van der Waals surface area contributed by atoms with Gasteiger partial charge in [0, 0.05) is 12.6 Å². The van der Waals surface area contributed by atoms with Crippen LogP contribution in [0.25, 0.3) is 6.08 Å². The summed E-state index contributed by atoms with van der Waals surface area (Å²) in [6.45, 7) is 3.88. The molecule has 1 aromatic carbocycles. The standard InChI is InChI=1S/C20H20ClN3O3/c1-4-12-23-18(21)17(19(26)24(13-5-2)20(23)27)22-16(25)11-10-15-8-6-14(3)7-9-15/h1,6-11H,5,12-13H2,2-3H3,(H,22,25). The Balaban J connectivity index is 2.38. The van der Waals surface area contributed by atoms with E-state index in [0.717, 1.165) is 20.3 Å². The lowest BCUT2D eigenvalue weighted by atomic mass is 10.1. The van der Waals surface area contributed by atoms with Gasteiger partial charge in [0.1, 0.15) is 10.8 Å². The van der Waals surface area contributed by atoms with Gasteiger partial charge in [0.25, 0.3) is 5.56 Å². The average Bonchev–Trinajstić information content (AvgIpc) is 2.65. The highest BCUT2D eigenvalue weighted by atomic mass is 35.5. The van der Waals surface area contributed by atoms with Crippen molar-refractivity contribution in [3.8, 4) is 12.3 Å². The SMILES string of the molecule is C#CCn1c(Cl)c(NC(=O)C=Cc2ccc(C)cc2)c(=O)n(CCC)c1=O. The van der Waals surface area contributed by atoms with E-state index >= 15 is 0 Å². The quantitative estimate of drug-likeness (QED) is 0.472. The van der Waals surface area contributed by atoms with E-state index in [2.05, 4.69) is 11.2 Å². The molecule has 0 bridgehead atoms. The maximum Gasteiger partial charge on any atom is 0.333 e. The van der Waals surface area contributed by atoms with E-state index in [0.29, 0.717) is 6.42 Å². The molecule has 2 rings (SSSR count). The number of terminal acetylenes is 1. The van der Waals surface area contributed by atoms with Crippen molar-refractivity contribution in [2.45, 2.75) is 33.4 Å². The topological polar surface area (TPSA) is 73.1 Å². The summed E-state index contributed by atoms with van der Waals surface area (Å²) in [7, 11) is 0. The Kier molecular flexibility index (Phi) is 6.80. The lowest BCUT2D eigenvalue weighted by Gasteiger charge is -2.14. The van der Waals surface area contributed by atoms with Gasteiger partial charge in [0.05, 0.1) is 6.54 Å². The number of rotatable bonds is 6. The number of hydrogen-bond acceptors (Lipinski definition) is 3. The van der Waals surface area contributed by atoms with Gasteiger partial charge in [0.15, 0.2) is 0 Å². The Morgan fingerprint density at radius 3 is 2.52 bits per heavy atom. The second-order valence-corrected chi connectivity index (χ2v) is 6.29. The Hall–Kier alpha value is -3.04. The summed E-state index contributed by atoms with van der Waals surface area (Å²) in [5.74, 6) is 1.78. The molecule has 0 saturated carbocycles. The van der Waals surface area contributed by atoms with Gasteiger partial charge in [-0.15, -0.1) is 6.42 Å². The third kappa shape index (κ3) is 4.78. The smallest absolute Gasteiger partial charge is 0.315 e. The van der Waals surface area contributed by atoms with Gasteiger partial charge in [-0.05, 0) is 25.0 Å². The second kappa shape index (κ2) is 9.06. The van der Waals surface area contributed by atoms with Crippen molar-refractivity contribution in [2.24, 2.45) is 0 Å². The highest BCUT2D eigenvalue weighted by Crippen LogP contribution is 2.16. The fraction of sp³-hybridized carbons (Fsp3) is 0.250. The molecule has 1 aromatic heterocycles. The van der Waals surface area contributed by atoms with Crippen LogP contribution in [0.4, 0.5) is 5.69 Å². The highest BCUT2D eigenvalue weighted by molar-refractivity contribution is 6.32. The number of carbonyl (C=O) groups excluding carboxylic acids is 1. The largest absolute Gasteiger partial charge is 0.333 e.